The van der Waals surface area contributed by atoms with Gasteiger partial charge in [-0.25, -0.2) is 0 Å². The molecule has 156 valence electrons. The largest absolute Gasteiger partial charge is 0.496 e. The van der Waals surface area contributed by atoms with Crippen LogP contribution in [0, 0.1) is 0 Å². The van der Waals surface area contributed by atoms with Crippen LogP contribution in [0.25, 0.3) is 0 Å². The first kappa shape index (κ1) is 27.4. The summed E-state index contributed by atoms with van der Waals surface area (Å²) in [5.41, 5.74) is 1.86. The highest BCUT2D eigenvalue weighted by Gasteiger charge is 2.11. The van der Waals surface area contributed by atoms with Crippen LogP contribution in [0.4, 0.5) is 0 Å². The van der Waals surface area contributed by atoms with Gasteiger partial charge in [-0.1, -0.05) is 52.8 Å². The van der Waals surface area contributed by atoms with Gasteiger partial charge in [-0.05, 0) is 58.4 Å². The van der Waals surface area contributed by atoms with Gasteiger partial charge in [0.05, 0.1) is 11.9 Å². The molecule has 2 N–H and O–H groups in total. The maximum absolute atomic E-state index is 12.0. The molecule has 0 saturated carbocycles. The van der Waals surface area contributed by atoms with E-state index in [1.807, 2.05) is 65.9 Å². The number of carbonyl (C=O) groups excluding carboxylic acids is 1. The molecule has 1 aromatic carbocycles. The fourth-order valence-corrected chi connectivity index (χ4v) is 2.22. The lowest BCUT2D eigenvalue weighted by Crippen LogP contribution is -2.34. The summed E-state index contributed by atoms with van der Waals surface area (Å²) in [6.45, 7) is 18.4. The number of hydrogen-bond donors (Lipinski definition) is 2. The number of ether oxygens (including phenoxy) is 1. The van der Waals surface area contributed by atoms with Crippen molar-refractivity contribution in [2.24, 2.45) is 0 Å². The maximum Gasteiger partial charge on any atom is 0.251 e. The van der Waals surface area contributed by atoms with Crippen molar-refractivity contribution in [2.75, 3.05) is 7.05 Å². The Balaban J connectivity index is 0. The van der Waals surface area contributed by atoms with Crippen molar-refractivity contribution >= 4 is 5.91 Å². The summed E-state index contributed by atoms with van der Waals surface area (Å²) in [7, 11) is 1.91. The van der Waals surface area contributed by atoms with E-state index in [0.717, 1.165) is 31.4 Å². The van der Waals surface area contributed by atoms with Gasteiger partial charge in [0.1, 0.15) is 0 Å². The molecule has 1 aromatic rings. The number of rotatable bonds is 8. The van der Waals surface area contributed by atoms with Crippen LogP contribution in [0.15, 0.2) is 37.1 Å². The lowest BCUT2D eigenvalue weighted by atomic mass is 10.1. The molecule has 1 atom stereocenters. The Kier molecular flexibility index (Phi) is 16.6. The third-order valence-corrected chi connectivity index (χ3v) is 3.50. The van der Waals surface area contributed by atoms with Crippen LogP contribution >= 0.6 is 0 Å². The minimum Gasteiger partial charge on any atom is -0.496 e. The van der Waals surface area contributed by atoms with Gasteiger partial charge in [-0.3, -0.25) is 4.79 Å². The smallest absolute Gasteiger partial charge is 0.251 e. The Morgan fingerprint density at radius 2 is 1.74 bits per heavy atom. The van der Waals surface area contributed by atoms with Crippen LogP contribution in [-0.2, 0) is 11.3 Å². The molecule has 4 nitrogen and oxygen atoms in total. The van der Waals surface area contributed by atoms with E-state index in [9.17, 15) is 4.79 Å². The summed E-state index contributed by atoms with van der Waals surface area (Å²) in [6.07, 6.45) is 4.58. The van der Waals surface area contributed by atoms with E-state index in [2.05, 4.69) is 31.1 Å². The Hall–Kier alpha value is -1.81. The van der Waals surface area contributed by atoms with E-state index >= 15 is 0 Å². The number of hydrogen-bond acceptors (Lipinski definition) is 3. The van der Waals surface area contributed by atoms with Crippen molar-refractivity contribution in [2.45, 2.75) is 85.9 Å². The number of benzene rings is 1. The van der Waals surface area contributed by atoms with Gasteiger partial charge in [0.25, 0.3) is 5.91 Å². The van der Waals surface area contributed by atoms with Gasteiger partial charge in [-0.15, -0.1) is 0 Å². The average molecular weight is 379 g/mol. The molecule has 0 saturated heterocycles. The van der Waals surface area contributed by atoms with Gasteiger partial charge in [-0.2, -0.15) is 0 Å². The lowest BCUT2D eigenvalue weighted by Gasteiger charge is -2.16. The van der Waals surface area contributed by atoms with Crippen molar-refractivity contribution < 1.29 is 9.53 Å². The van der Waals surface area contributed by atoms with Gasteiger partial charge < -0.3 is 15.4 Å². The SMILES string of the molecule is C=COC(C)(C)C.CC.CCCC(CC)NC(=O)c1ccc(CNC)cc1. The topological polar surface area (TPSA) is 50.4 Å². The summed E-state index contributed by atoms with van der Waals surface area (Å²) < 4.78 is 4.99. The molecule has 27 heavy (non-hydrogen) atoms. The molecular formula is C23H42N2O2. The highest BCUT2D eigenvalue weighted by molar-refractivity contribution is 5.94. The first-order chi connectivity index (χ1) is 12.8. The summed E-state index contributed by atoms with van der Waals surface area (Å²) >= 11 is 0. The molecule has 0 bridgehead atoms. The zero-order chi connectivity index (χ0) is 21.3. The standard InChI is InChI=1S/C15H24N2O.C6H12O.C2H6/c1-4-6-14(5-2)17-15(18)13-9-7-12(8-10-13)11-16-3;1-5-7-6(2,3)4;1-2/h7-10,14,16H,4-6,11H2,1-3H3,(H,17,18);5H,1H2,2-4H3;1-2H3. The van der Waals surface area contributed by atoms with Crippen LogP contribution < -0.4 is 10.6 Å². The summed E-state index contributed by atoms with van der Waals surface area (Å²) in [5.74, 6) is 0.0336. The Morgan fingerprint density at radius 3 is 2.07 bits per heavy atom. The molecule has 1 unspecified atom stereocenters. The van der Waals surface area contributed by atoms with Crippen LogP contribution in [-0.4, -0.2) is 24.6 Å². The monoisotopic (exact) mass is 378 g/mol. The third kappa shape index (κ3) is 15.0. The van der Waals surface area contributed by atoms with E-state index in [1.165, 1.54) is 11.8 Å². The zero-order valence-electron chi connectivity index (χ0n) is 18.8. The fourth-order valence-electron chi connectivity index (χ4n) is 2.22. The van der Waals surface area contributed by atoms with Crippen molar-refractivity contribution in [1.82, 2.24) is 10.6 Å². The first-order valence-corrected chi connectivity index (χ1v) is 10.1. The second-order valence-electron chi connectivity index (χ2n) is 6.99. The highest BCUT2D eigenvalue weighted by Crippen LogP contribution is 2.07. The quantitative estimate of drug-likeness (QED) is 0.572. The van der Waals surface area contributed by atoms with E-state index < -0.39 is 0 Å². The molecule has 0 heterocycles. The van der Waals surface area contributed by atoms with Crippen LogP contribution in [0.5, 0.6) is 0 Å². The molecule has 1 amide bonds. The minimum atomic E-state index is -0.0677. The second kappa shape index (κ2) is 16.4. The number of amides is 1. The van der Waals surface area contributed by atoms with Crippen LogP contribution in [0.2, 0.25) is 0 Å². The van der Waals surface area contributed by atoms with Crippen molar-refractivity contribution in [1.29, 1.82) is 0 Å². The minimum absolute atomic E-state index is 0.0336. The Labute approximate surface area is 167 Å². The summed E-state index contributed by atoms with van der Waals surface area (Å²) in [5, 5.41) is 6.17. The molecular weight excluding hydrogens is 336 g/mol. The summed E-state index contributed by atoms with van der Waals surface area (Å²) in [4.78, 5) is 12.0. The zero-order valence-corrected chi connectivity index (χ0v) is 18.8. The molecule has 4 heteroatoms. The molecule has 0 aliphatic carbocycles. The van der Waals surface area contributed by atoms with Crippen molar-refractivity contribution in [3.63, 3.8) is 0 Å². The van der Waals surface area contributed by atoms with E-state index in [0.29, 0.717) is 6.04 Å². The Bertz CT molecular complexity index is 490. The number of nitrogens with one attached hydrogen (secondary N) is 2. The van der Waals surface area contributed by atoms with Gasteiger partial charge in [0.2, 0.25) is 0 Å². The molecule has 0 aliphatic rings. The van der Waals surface area contributed by atoms with E-state index in [1.54, 1.807) is 0 Å². The lowest BCUT2D eigenvalue weighted by molar-refractivity contribution is 0.0774. The van der Waals surface area contributed by atoms with Gasteiger partial charge >= 0.3 is 0 Å². The van der Waals surface area contributed by atoms with Crippen LogP contribution in [0.3, 0.4) is 0 Å². The molecule has 0 spiro atoms. The molecule has 0 aliphatic heterocycles. The van der Waals surface area contributed by atoms with Gasteiger partial charge in [0.15, 0.2) is 0 Å². The first-order valence-electron chi connectivity index (χ1n) is 10.1. The van der Waals surface area contributed by atoms with Gasteiger partial charge in [0, 0.05) is 18.2 Å². The molecule has 0 radical (unpaired) electrons. The predicted molar refractivity (Wildman–Crippen MR) is 118 cm³/mol. The predicted octanol–water partition coefficient (Wildman–Crippen LogP) is 5.69. The maximum atomic E-state index is 12.0. The highest BCUT2D eigenvalue weighted by atomic mass is 16.5. The molecule has 1 rings (SSSR count). The normalized spacial score (nSPS) is 11.1. The Morgan fingerprint density at radius 1 is 1.19 bits per heavy atom. The molecule has 0 aromatic heterocycles. The van der Waals surface area contributed by atoms with Crippen molar-refractivity contribution in [3.05, 3.63) is 48.2 Å². The van der Waals surface area contributed by atoms with E-state index in [-0.39, 0.29) is 11.5 Å². The fraction of sp³-hybridized carbons (Fsp3) is 0.609. The van der Waals surface area contributed by atoms with E-state index in [4.69, 9.17) is 4.74 Å². The van der Waals surface area contributed by atoms with Crippen LogP contribution in [0.1, 0.15) is 83.7 Å². The number of carbonyl (C=O) groups is 1. The second-order valence-corrected chi connectivity index (χ2v) is 6.99. The summed E-state index contributed by atoms with van der Waals surface area (Å²) in [6, 6.07) is 8.05. The van der Waals surface area contributed by atoms with Crippen molar-refractivity contribution in [3.8, 4) is 0 Å². The molecule has 0 fully saturated rings. The average Bonchev–Trinajstić information content (AvgIpc) is 2.63. The third-order valence-electron chi connectivity index (χ3n) is 3.50.